The van der Waals surface area contributed by atoms with Crippen LogP contribution in [-0.2, 0) is 10.0 Å². The van der Waals surface area contributed by atoms with Crippen LogP contribution in [0.25, 0.3) is 0 Å². The second-order valence-electron chi connectivity index (χ2n) is 2.98. The smallest absolute Gasteiger partial charge is 0.208 e. The second-order valence-corrected chi connectivity index (χ2v) is 4.82. The Labute approximate surface area is 88.7 Å². The van der Waals surface area contributed by atoms with Gasteiger partial charge >= 0.3 is 0 Å². The van der Waals surface area contributed by atoms with E-state index in [1.807, 2.05) is 0 Å². The van der Waals surface area contributed by atoms with Gasteiger partial charge in [-0.05, 0) is 12.1 Å². The summed E-state index contributed by atoms with van der Waals surface area (Å²) in [7, 11) is -3.18. The first-order valence-electron chi connectivity index (χ1n) is 4.34. The van der Waals surface area contributed by atoms with E-state index in [9.17, 15) is 13.5 Å². The molecule has 5 nitrogen and oxygen atoms in total. The molecule has 0 aliphatic heterocycles. The highest BCUT2D eigenvalue weighted by Crippen LogP contribution is 2.23. The van der Waals surface area contributed by atoms with Crippen molar-refractivity contribution in [1.29, 1.82) is 0 Å². The molecule has 0 bridgehead atoms. The number of hydrogen-bond acceptors (Lipinski definition) is 4. The lowest BCUT2D eigenvalue weighted by Crippen LogP contribution is -2.26. The van der Waals surface area contributed by atoms with Crippen molar-refractivity contribution in [2.75, 3.05) is 19.4 Å². The van der Waals surface area contributed by atoms with E-state index in [1.54, 1.807) is 18.2 Å². The third-order valence-corrected chi connectivity index (χ3v) is 2.32. The van der Waals surface area contributed by atoms with Crippen LogP contribution in [0, 0.1) is 0 Å². The van der Waals surface area contributed by atoms with Crippen molar-refractivity contribution in [3.63, 3.8) is 0 Å². The molecule has 1 aromatic carbocycles. The molecule has 15 heavy (non-hydrogen) atoms. The van der Waals surface area contributed by atoms with E-state index in [0.717, 1.165) is 6.26 Å². The average molecular weight is 231 g/mol. The molecule has 0 spiro atoms. The van der Waals surface area contributed by atoms with Gasteiger partial charge in [0.2, 0.25) is 10.0 Å². The Balaban J connectivity index is 2.36. The van der Waals surface area contributed by atoms with Gasteiger partial charge in [0.25, 0.3) is 0 Å². The summed E-state index contributed by atoms with van der Waals surface area (Å²) in [4.78, 5) is 0. The molecule has 0 radical (unpaired) electrons. The number of phenolic OH excluding ortho intramolecular Hbond substituents is 1. The number of sulfonamides is 1. The number of hydrogen-bond donors (Lipinski definition) is 2. The minimum absolute atomic E-state index is 0.0388. The van der Waals surface area contributed by atoms with Crippen LogP contribution in [0.3, 0.4) is 0 Å². The Hall–Kier alpha value is -1.27. The van der Waals surface area contributed by atoms with Gasteiger partial charge in [0.05, 0.1) is 6.26 Å². The highest BCUT2D eigenvalue weighted by atomic mass is 32.2. The van der Waals surface area contributed by atoms with Crippen LogP contribution in [0.5, 0.6) is 11.5 Å². The van der Waals surface area contributed by atoms with E-state index >= 15 is 0 Å². The van der Waals surface area contributed by atoms with Crippen LogP contribution >= 0.6 is 0 Å². The van der Waals surface area contributed by atoms with Crippen LogP contribution in [0.4, 0.5) is 0 Å². The van der Waals surface area contributed by atoms with Crippen molar-refractivity contribution in [3.05, 3.63) is 24.3 Å². The summed E-state index contributed by atoms with van der Waals surface area (Å²) in [5, 5.41) is 9.31. The van der Waals surface area contributed by atoms with Gasteiger partial charge in [-0.15, -0.1) is 0 Å². The molecule has 0 fully saturated rings. The number of ether oxygens (including phenoxy) is 1. The molecule has 0 aromatic heterocycles. The first-order valence-corrected chi connectivity index (χ1v) is 6.23. The van der Waals surface area contributed by atoms with E-state index in [2.05, 4.69) is 4.72 Å². The van der Waals surface area contributed by atoms with Gasteiger partial charge in [-0.1, -0.05) is 12.1 Å². The van der Waals surface area contributed by atoms with Gasteiger partial charge in [0.15, 0.2) is 11.5 Å². The zero-order chi connectivity index (χ0) is 11.3. The molecular formula is C9H13NO4S. The van der Waals surface area contributed by atoms with Crippen molar-refractivity contribution < 1.29 is 18.3 Å². The highest BCUT2D eigenvalue weighted by molar-refractivity contribution is 7.88. The number of nitrogens with one attached hydrogen (secondary N) is 1. The fourth-order valence-corrected chi connectivity index (χ4v) is 1.42. The maximum atomic E-state index is 10.7. The van der Waals surface area contributed by atoms with Crippen LogP contribution in [0.15, 0.2) is 24.3 Å². The van der Waals surface area contributed by atoms with Crippen LogP contribution in [-0.4, -0.2) is 32.9 Å². The van der Waals surface area contributed by atoms with Crippen molar-refractivity contribution in [2.45, 2.75) is 0 Å². The summed E-state index contributed by atoms with van der Waals surface area (Å²) in [5.41, 5.74) is 0. The molecule has 2 N–H and O–H groups in total. The summed E-state index contributed by atoms with van der Waals surface area (Å²) in [6.45, 7) is 0.345. The maximum absolute atomic E-state index is 10.7. The largest absolute Gasteiger partial charge is 0.504 e. The fourth-order valence-electron chi connectivity index (χ4n) is 0.967. The van der Waals surface area contributed by atoms with E-state index in [-0.39, 0.29) is 18.9 Å². The lowest BCUT2D eigenvalue weighted by molar-refractivity contribution is 0.304. The number of phenols is 1. The van der Waals surface area contributed by atoms with E-state index in [0.29, 0.717) is 5.75 Å². The molecule has 0 heterocycles. The number of aromatic hydroxyl groups is 1. The van der Waals surface area contributed by atoms with Crippen LogP contribution in [0.2, 0.25) is 0 Å². The van der Waals surface area contributed by atoms with Crippen molar-refractivity contribution >= 4 is 10.0 Å². The first-order chi connectivity index (χ1) is 6.99. The zero-order valence-corrected chi connectivity index (χ0v) is 9.12. The minimum atomic E-state index is -3.18. The zero-order valence-electron chi connectivity index (χ0n) is 8.30. The lowest BCUT2D eigenvalue weighted by atomic mass is 10.3. The first kappa shape index (κ1) is 11.8. The third kappa shape index (κ3) is 4.66. The van der Waals surface area contributed by atoms with Gasteiger partial charge in [0, 0.05) is 6.54 Å². The summed E-state index contributed by atoms with van der Waals surface area (Å²) in [6.07, 6.45) is 1.08. The molecule has 0 saturated heterocycles. The molecule has 6 heteroatoms. The predicted molar refractivity (Wildman–Crippen MR) is 56.4 cm³/mol. The standard InChI is InChI=1S/C9H13NO4S/c1-15(12,13)10-6-7-14-9-5-3-2-4-8(9)11/h2-5,10-11H,6-7H2,1H3. The van der Waals surface area contributed by atoms with E-state index in [1.165, 1.54) is 6.07 Å². The van der Waals surface area contributed by atoms with E-state index < -0.39 is 10.0 Å². The molecule has 0 saturated carbocycles. The minimum Gasteiger partial charge on any atom is -0.504 e. The Bertz CT molecular complexity index is 416. The Morgan fingerprint density at radius 1 is 1.40 bits per heavy atom. The van der Waals surface area contributed by atoms with Crippen molar-refractivity contribution in [3.8, 4) is 11.5 Å². The number of para-hydroxylation sites is 2. The van der Waals surface area contributed by atoms with Gasteiger partial charge in [-0.25, -0.2) is 13.1 Å². The number of benzene rings is 1. The maximum Gasteiger partial charge on any atom is 0.208 e. The molecule has 0 atom stereocenters. The molecule has 0 unspecified atom stereocenters. The summed E-state index contributed by atoms with van der Waals surface area (Å²) >= 11 is 0. The molecule has 0 amide bonds. The molecule has 0 aliphatic rings. The fraction of sp³-hybridized carbons (Fsp3) is 0.333. The van der Waals surface area contributed by atoms with Gasteiger partial charge in [-0.2, -0.15) is 0 Å². The molecular weight excluding hydrogens is 218 g/mol. The van der Waals surface area contributed by atoms with Gasteiger partial charge < -0.3 is 9.84 Å². The molecule has 84 valence electrons. The lowest BCUT2D eigenvalue weighted by Gasteiger charge is -2.07. The molecule has 1 aromatic rings. The predicted octanol–water partition coefficient (Wildman–Crippen LogP) is 0.320. The normalized spacial score (nSPS) is 11.3. The monoisotopic (exact) mass is 231 g/mol. The second kappa shape index (κ2) is 4.99. The van der Waals surface area contributed by atoms with Crippen molar-refractivity contribution in [1.82, 2.24) is 4.72 Å². The van der Waals surface area contributed by atoms with Gasteiger partial charge in [-0.3, -0.25) is 0 Å². The van der Waals surface area contributed by atoms with E-state index in [4.69, 9.17) is 4.74 Å². The SMILES string of the molecule is CS(=O)(=O)NCCOc1ccccc1O. The average Bonchev–Trinajstić information content (AvgIpc) is 2.13. The topological polar surface area (TPSA) is 75.6 Å². The van der Waals surface area contributed by atoms with Crippen LogP contribution < -0.4 is 9.46 Å². The Kier molecular flexibility index (Phi) is 3.93. The van der Waals surface area contributed by atoms with Crippen molar-refractivity contribution in [2.24, 2.45) is 0 Å². The highest BCUT2D eigenvalue weighted by Gasteiger charge is 2.02. The third-order valence-electron chi connectivity index (χ3n) is 1.59. The summed E-state index contributed by atoms with van der Waals surface area (Å²) in [6, 6.07) is 6.51. The molecule has 0 aliphatic carbocycles. The van der Waals surface area contributed by atoms with Gasteiger partial charge in [0.1, 0.15) is 6.61 Å². The molecule has 1 rings (SSSR count). The Morgan fingerprint density at radius 2 is 2.07 bits per heavy atom. The quantitative estimate of drug-likeness (QED) is 0.716. The van der Waals surface area contributed by atoms with Crippen LogP contribution in [0.1, 0.15) is 0 Å². The Morgan fingerprint density at radius 3 is 2.67 bits per heavy atom. The number of rotatable bonds is 5. The summed E-state index contributed by atoms with van der Waals surface area (Å²) < 4.78 is 28.8. The summed E-state index contributed by atoms with van der Waals surface area (Å²) in [5.74, 6) is 0.379.